The lowest BCUT2D eigenvalue weighted by Gasteiger charge is -2.07. The van der Waals surface area contributed by atoms with Gasteiger partial charge in [0, 0.05) is 11.9 Å². The van der Waals surface area contributed by atoms with Crippen molar-refractivity contribution in [1.82, 2.24) is 15.1 Å². The molecule has 0 unspecified atom stereocenters. The molecule has 0 saturated heterocycles. The zero-order valence-corrected chi connectivity index (χ0v) is 17.3. The standard InChI is InChI=1S/C21H18ClN3O3S/c1-12-14-10-19(20(27)23-11-13-7-8-17(26)18(9-13)28-2)29-21(14)25(24-12)16-6-4-3-5-15(16)22/h3-10,26H,11H2,1-2H3,(H,23,27). The number of thiophene rings is 1. The second kappa shape index (κ2) is 7.77. The van der Waals surface area contributed by atoms with Crippen LogP contribution in [-0.4, -0.2) is 27.9 Å². The minimum Gasteiger partial charge on any atom is -0.504 e. The first kappa shape index (κ1) is 19.3. The number of phenolic OH excluding ortho intramolecular Hbond substituents is 1. The van der Waals surface area contributed by atoms with Gasteiger partial charge in [-0.3, -0.25) is 4.79 Å². The average Bonchev–Trinajstić information content (AvgIpc) is 3.28. The van der Waals surface area contributed by atoms with Gasteiger partial charge in [0.05, 0.1) is 28.4 Å². The summed E-state index contributed by atoms with van der Waals surface area (Å²) in [6.45, 7) is 2.23. The summed E-state index contributed by atoms with van der Waals surface area (Å²) in [6.07, 6.45) is 0. The number of para-hydroxylation sites is 1. The molecule has 4 aromatic rings. The highest BCUT2D eigenvalue weighted by atomic mass is 35.5. The number of benzene rings is 2. The fourth-order valence-electron chi connectivity index (χ4n) is 3.05. The number of hydrogen-bond donors (Lipinski definition) is 2. The summed E-state index contributed by atoms with van der Waals surface area (Å²) in [5.41, 5.74) is 2.43. The number of aromatic nitrogens is 2. The third kappa shape index (κ3) is 3.66. The number of aryl methyl sites for hydroxylation is 1. The molecule has 4 rings (SSSR count). The summed E-state index contributed by atoms with van der Waals surface area (Å²) in [5, 5.41) is 18.7. The van der Waals surface area contributed by atoms with E-state index < -0.39 is 0 Å². The molecule has 0 radical (unpaired) electrons. The number of amides is 1. The Hall–Kier alpha value is -3.03. The number of hydrogen-bond acceptors (Lipinski definition) is 5. The van der Waals surface area contributed by atoms with E-state index in [1.165, 1.54) is 18.4 Å². The van der Waals surface area contributed by atoms with Gasteiger partial charge in [-0.05, 0) is 42.8 Å². The molecule has 0 aliphatic carbocycles. The van der Waals surface area contributed by atoms with E-state index >= 15 is 0 Å². The third-order valence-corrected chi connectivity index (χ3v) is 5.98. The van der Waals surface area contributed by atoms with Gasteiger partial charge in [0.1, 0.15) is 4.83 Å². The minimum atomic E-state index is -0.177. The lowest BCUT2D eigenvalue weighted by molar-refractivity contribution is 0.0955. The molecule has 0 atom stereocenters. The second-order valence-electron chi connectivity index (χ2n) is 6.47. The summed E-state index contributed by atoms with van der Waals surface area (Å²) < 4.78 is 6.88. The van der Waals surface area contributed by atoms with E-state index in [1.807, 2.05) is 37.3 Å². The van der Waals surface area contributed by atoms with Gasteiger partial charge >= 0.3 is 0 Å². The second-order valence-corrected chi connectivity index (χ2v) is 7.90. The van der Waals surface area contributed by atoms with Crippen molar-refractivity contribution in [3.8, 4) is 17.2 Å². The Kier molecular flexibility index (Phi) is 5.17. The van der Waals surface area contributed by atoms with Gasteiger partial charge in [-0.2, -0.15) is 5.10 Å². The summed E-state index contributed by atoms with van der Waals surface area (Å²) in [4.78, 5) is 14.2. The zero-order valence-electron chi connectivity index (χ0n) is 15.8. The van der Waals surface area contributed by atoms with Crippen LogP contribution < -0.4 is 10.1 Å². The van der Waals surface area contributed by atoms with E-state index in [2.05, 4.69) is 10.4 Å². The first-order valence-electron chi connectivity index (χ1n) is 8.86. The van der Waals surface area contributed by atoms with Crippen LogP contribution in [0.15, 0.2) is 48.5 Å². The molecule has 2 heterocycles. The lowest BCUT2D eigenvalue weighted by atomic mass is 10.2. The third-order valence-electron chi connectivity index (χ3n) is 4.55. The summed E-state index contributed by atoms with van der Waals surface area (Å²) in [6, 6.07) is 14.3. The molecule has 0 bridgehead atoms. The van der Waals surface area contributed by atoms with E-state index in [1.54, 1.807) is 22.9 Å². The van der Waals surface area contributed by atoms with Gasteiger partial charge in [0.2, 0.25) is 0 Å². The van der Waals surface area contributed by atoms with Gasteiger partial charge in [-0.1, -0.05) is 29.8 Å². The van der Waals surface area contributed by atoms with Crippen LogP contribution in [0.5, 0.6) is 11.5 Å². The van der Waals surface area contributed by atoms with E-state index in [0.717, 1.165) is 27.2 Å². The number of carbonyl (C=O) groups excluding carboxylic acids is 1. The molecule has 0 fully saturated rings. The quantitative estimate of drug-likeness (QED) is 0.484. The molecule has 148 valence electrons. The first-order valence-corrected chi connectivity index (χ1v) is 10.1. The van der Waals surface area contributed by atoms with Crippen molar-refractivity contribution in [1.29, 1.82) is 0 Å². The molecule has 29 heavy (non-hydrogen) atoms. The number of aromatic hydroxyl groups is 1. The molecule has 0 saturated carbocycles. The molecule has 2 aromatic carbocycles. The topological polar surface area (TPSA) is 76.4 Å². The van der Waals surface area contributed by atoms with Crippen molar-refractivity contribution >= 4 is 39.1 Å². The predicted octanol–water partition coefficient (Wildman–Crippen LogP) is 4.69. The molecule has 0 aliphatic rings. The van der Waals surface area contributed by atoms with Gasteiger partial charge in [0.15, 0.2) is 11.5 Å². The predicted molar refractivity (Wildman–Crippen MR) is 115 cm³/mol. The van der Waals surface area contributed by atoms with Gasteiger partial charge in [-0.25, -0.2) is 4.68 Å². The maximum absolute atomic E-state index is 12.7. The van der Waals surface area contributed by atoms with Crippen molar-refractivity contribution in [2.75, 3.05) is 7.11 Å². The maximum Gasteiger partial charge on any atom is 0.261 e. The number of nitrogens with one attached hydrogen (secondary N) is 1. The van der Waals surface area contributed by atoms with Crippen LogP contribution in [0.4, 0.5) is 0 Å². The number of fused-ring (bicyclic) bond motifs is 1. The zero-order chi connectivity index (χ0) is 20.5. The van der Waals surface area contributed by atoms with Crippen LogP contribution in [0, 0.1) is 6.92 Å². The fraction of sp³-hybridized carbons (Fsp3) is 0.143. The molecule has 2 N–H and O–H groups in total. The molecule has 0 aliphatic heterocycles. The van der Waals surface area contributed by atoms with E-state index in [0.29, 0.717) is 22.2 Å². The first-order chi connectivity index (χ1) is 14.0. The SMILES string of the molecule is COc1cc(CNC(=O)c2cc3c(C)nn(-c4ccccc4Cl)c3s2)ccc1O. The molecule has 1 amide bonds. The Morgan fingerprint density at radius 2 is 2.07 bits per heavy atom. The van der Waals surface area contributed by atoms with E-state index in [-0.39, 0.29) is 11.7 Å². The molecule has 0 spiro atoms. The number of ether oxygens (including phenoxy) is 1. The normalized spacial score (nSPS) is 11.0. The van der Waals surface area contributed by atoms with Gasteiger partial charge in [0.25, 0.3) is 5.91 Å². The van der Waals surface area contributed by atoms with Crippen LogP contribution >= 0.6 is 22.9 Å². The van der Waals surface area contributed by atoms with E-state index in [4.69, 9.17) is 16.3 Å². The number of carbonyl (C=O) groups is 1. The fourth-order valence-corrected chi connectivity index (χ4v) is 4.36. The Morgan fingerprint density at radius 1 is 1.28 bits per heavy atom. The van der Waals surface area contributed by atoms with Crippen LogP contribution in [0.25, 0.3) is 15.9 Å². The van der Waals surface area contributed by atoms with Crippen LogP contribution in [0.1, 0.15) is 20.9 Å². The van der Waals surface area contributed by atoms with Crippen LogP contribution in [-0.2, 0) is 6.54 Å². The van der Waals surface area contributed by atoms with E-state index in [9.17, 15) is 9.90 Å². The summed E-state index contributed by atoms with van der Waals surface area (Å²) >= 11 is 7.69. The van der Waals surface area contributed by atoms with Crippen molar-refractivity contribution in [2.45, 2.75) is 13.5 Å². The average molecular weight is 428 g/mol. The molecule has 8 heteroatoms. The molecular formula is C21H18ClN3O3S. The summed E-state index contributed by atoms with van der Waals surface area (Å²) in [5.74, 6) is 0.254. The van der Waals surface area contributed by atoms with Crippen molar-refractivity contribution in [3.05, 3.63) is 69.7 Å². The number of nitrogens with zero attached hydrogens (tertiary/aromatic N) is 2. The number of methoxy groups -OCH3 is 1. The van der Waals surface area contributed by atoms with Crippen molar-refractivity contribution in [3.63, 3.8) is 0 Å². The Labute approximate surface area is 176 Å². The molecule has 6 nitrogen and oxygen atoms in total. The van der Waals surface area contributed by atoms with Crippen molar-refractivity contribution in [2.24, 2.45) is 0 Å². The highest BCUT2D eigenvalue weighted by Crippen LogP contribution is 2.32. The summed E-state index contributed by atoms with van der Waals surface area (Å²) in [7, 11) is 1.49. The number of rotatable bonds is 5. The van der Waals surface area contributed by atoms with Crippen LogP contribution in [0.2, 0.25) is 5.02 Å². The van der Waals surface area contributed by atoms with Crippen molar-refractivity contribution < 1.29 is 14.6 Å². The van der Waals surface area contributed by atoms with Crippen LogP contribution in [0.3, 0.4) is 0 Å². The minimum absolute atomic E-state index is 0.0617. The smallest absolute Gasteiger partial charge is 0.261 e. The lowest BCUT2D eigenvalue weighted by Crippen LogP contribution is -2.21. The number of halogens is 1. The Bertz CT molecular complexity index is 1220. The highest BCUT2D eigenvalue weighted by Gasteiger charge is 2.18. The van der Waals surface area contributed by atoms with Gasteiger partial charge < -0.3 is 15.2 Å². The maximum atomic E-state index is 12.7. The Balaban J connectivity index is 1.59. The Morgan fingerprint density at radius 3 is 2.83 bits per heavy atom. The molecule has 2 aromatic heterocycles. The molecular weight excluding hydrogens is 410 g/mol. The largest absolute Gasteiger partial charge is 0.504 e. The monoisotopic (exact) mass is 427 g/mol. The highest BCUT2D eigenvalue weighted by molar-refractivity contribution is 7.20. The van der Waals surface area contributed by atoms with Gasteiger partial charge in [-0.15, -0.1) is 11.3 Å². The number of phenols is 1.